The van der Waals surface area contributed by atoms with Crippen LogP contribution >= 0.6 is 0 Å². The summed E-state index contributed by atoms with van der Waals surface area (Å²) < 4.78 is 11.0. The molecule has 0 spiro atoms. The third-order valence-electron chi connectivity index (χ3n) is 4.77. The average Bonchev–Trinajstić information content (AvgIpc) is 3.20. The van der Waals surface area contributed by atoms with Gasteiger partial charge in [0.1, 0.15) is 11.4 Å². The van der Waals surface area contributed by atoms with Gasteiger partial charge in [-0.3, -0.25) is 14.7 Å². The molecular formula is C21H22N4O3. The van der Waals surface area contributed by atoms with E-state index in [-0.39, 0.29) is 18.3 Å². The van der Waals surface area contributed by atoms with Crippen molar-refractivity contribution in [1.29, 1.82) is 0 Å². The standard InChI is InChI=1S/C21H22N4O3/c26-21(18-10-4-5-11-22-18)16-7-6-12-25(13-16)14-20-23-19(24-28-20)15-27-17-8-2-1-3-9-17/h1-5,8-11,16H,6-7,12-15H2/t16-/m0/s1. The maximum Gasteiger partial charge on any atom is 0.240 e. The Hall–Kier alpha value is -3.06. The minimum Gasteiger partial charge on any atom is -0.485 e. The lowest BCUT2D eigenvalue weighted by Crippen LogP contribution is -2.38. The summed E-state index contributed by atoms with van der Waals surface area (Å²) in [4.78, 5) is 23.4. The number of piperidine rings is 1. The third kappa shape index (κ3) is 4.61. The smallest absolute Gasteiger partial charge is 0.240 e. The highest BCUT2D eigenvalue weighted by Gasteiger charge is 2.28. The predicted octanol–water partition coefficient (Wildman–Crippen LogP) is 3.14. The zero-order valence-corrected chi connectivity index (χ0v) is 15.5. The van der Waals surface area contributed by atoms with Crippen LogP contribution in [0.4, 0.5) is 0 Å². The highest BCUT2D eigenvalue weighted by Crippen LogP contribution is 2.21. The van der Waals surface area contributed by atoms with Crippen molar-refractivity contribution in [2.24, 2.45) is 5.92 Å². The number of ether oxygens (including phenoxy) is 1. The van der Waals surface area contributed by atoms with Gasteiger partial charge in [-0.05, 0) is 43.7 Å². The van der Waals surface area contributed by atoms with Crippen LogP contribution in [0.15, 0.2) is 59.3 Å². The van der Waals surface area contributed by atoms with Crippen molar-refractivity contribution in [2.75, 3.05) is 13.1 Å². The second-order valence-corrected chi connectivity index (χ2v) is 6.86. The Morgan fingerprint density at radius 2 is 2.04 bits per heavy atom. The molecule has 0 bridgehead atoms. The number of hydrogen-bond donors (Lipinski definition) is 0. The molecule has 0 aliphatic carbocycles. The van der Waals surface area contributed by atoms with Gasteiger partial charge in [0.2, 0.25) is 11.7 Å². The normalized spacial score (nSPS) is 17.4. The summed E-state index contributed by atoms with van der Waals surface area (Å²) in [7, 11) is 0. The number of Topliss-reactive ketones (excluding diaryl/α,β-unsaturated/α-hetero) is 1. The number of hydrogen-bond acceptors (Lipinski definition) is 7. The molecular weight excluding hydrogens is 356 g/mol. The van der Waals surface area contributed by atoms with Crippen LogP contribution in [-0.4, -0.2) is 38.9 Å². The number of rotatable bonds is 7. The Kier molecular flexibility index (Phi) is 5.72. The summed E-state index contributed by atoms with van der Waals surface area (Å²) in [6, 6.07) is 15.0. The van der Waals surface area contributed by atoms with E-state index in [1.807, 2.05) is 42.5 Å². The van der Waals surface area contributed by atoms with Gasteiger partial charge >= 0.3 is 0 Å². The van der Waals surface area contributed by atoms with Gasteiger partial charge < -0.3 is 9.26 Å². The highest BCUT2D eigenvalue weighted by atomic mass is 16.5. The van der Waals surface area contributed by atoms with Gasteiger partial charge in [0.05, 0.1) is 6.54 Å². The molecule has 4 rings (SSSR count). The molecule has 1 saturated heterocycles. The summed E-state index contributed by atoms with van der Waals surface area (Å²) in [5, 5.41) is 3.98. The topological polar surface area (TPSA) is 81.4 Å². The molecule has 28 heavy (non-hydrogen) atoms. The fourth-order valence-corrected chi connectivity index (χ4v) is 3.40. The molecule has 144 valence electrons. The lowest BCUT2D eigenvalue weighted by molar-refractivity contribution is 0.0792. The number of aromatic nitrogens is 3. The van der Waals surface area contributed by atoms with E-state index in [0.717, 1.165) is 25.1 Å². The first-order valence-corrected chi connectivity index (χ1v) is 9.45. The minimum atomic E-state index is -0.0487. The van der Waals surface area contributed by atoms with Crippen LogP contribution in [0, 0.1) is 5.92 Å². The molecule has 2 aromatic heterocycles. The SMILES string of the molecule is O=C(c1ccccn1)[C@H]1CCCN(Cc2nc(COc3ccccc3)no2)C1. The van der Waals surface area contributed by atoms with Crippen LogP contribution in [0.5, 0.6) is 5.75 Å². The van der Waals surface area contributed by atoms with Crippen LogP contribution in [0.25, 0.3) is 0 Å². The predicted molar refractivity (Wildman–Crippen MR) is 102 cm³/mol. The van der Waals surface area contributed by atoms with Crippen LogP contribution in [0.1, 0.15) is 35.0 Å². The zero-order valence-electron chi connectivity index (χ0n) is 15.5. The zero-order chi connectivity index (χ0) is 19.2. The Morgan fingerprint density at radius 3 is 2.86 bits per heavy atom. The Morgan fingerprint density at radius 1 is 1.18 bits per heavy atom. The second kappa shape index (κ2) is 8.75. The number of carbonyl (C=O) groups excluding carboxylic acids is 1. The molecule has 0 saturated carbocycles. The van der Waals surface area contributed by atoms with E-state index in [1.165, 1.54) is 0 Å². The van der Waals surface area contributed by atoms with Crippen LogP contribution in [0.3, 0.4) is 0 Å². The summed E-state index contributed by atoms with van der Waals surface area (Å²) in [5.74, 6) is 1.87. The monoisotopic (exact) mass is 378 g/mol. The molecule has 1 aliphatic heterocycles. The number of pyridine rings is 1. The summed E-state index contributed by atoms with van der Waals surface area (Å²) in [6.07, 6.45) is 3.50. The molecule has 1 aliphatic rings. The minimum absolute atomic E-state index is 0.0487. The molecule has 0 amide bonds. The lowest BCUT2D eigenvalue weighted by atomic mass is 9.92. The number of para-hydroxylation sites is 1. The second-order valence-electron chi connectivity index (χ2n) is 6.86. The molecule has 3 aromatic rings. The maximum absolute atomic E-state index is 12.7. The molecule has 0 unspecified atom stereocenters. The molecule has 0 N–H and O–H groups in total. The molecule has 1 atom stereocenters. The van der Waals surface area contributed by atoms with Gasteiger partial charge in [0, 0.05) is 18.7 Å². The van der Waals surface area contributed by atoms with Crippen molar-refractivity contribution in [2.45, 2.75) is 26.0 Å². The summed E-state index contributed by atoms with van der Waals surface area (Å²) in [5.41, 5.74) is 0.535. The molecule has 7 nitrogen and oxygen atoms in total. The highest BCUT2D eigenvalue weighted by molar-refractivity contribution is 5.96. The Bertz CT molecular complexity index is 898. The average molecular weight is 378 g/mol. The third-order valence-corrected chi connectivity index (χ3v) is 4.77. The summed E-state index contributed by atoms with van der Waals surface area (Å²) >= 11 is 0. The Labute approximate surface area is 163 Å². The first-order valence-electron chi connectivity index (χ1n) is 9.45. The fourth-order valence-electron chi connectivity index (χ4n) is 3.40. The van der Waals surface area contributed by atoms with Crippen molar-refractivity contribution in [1.82, 2.24) is 20.0 Å². The molecule has 3 heterocycles. The lowest BCUT2D eigenvalue weighted by Gasteiger charge is -2.30. The maximum atomic E-state index is 12.7. The van der Waals surface area contributed by atoms with Gasteiger partial charge in [-0.15, -0.1) is 0 Å². The van der Waals surface area contributed by atoms with Gasteiger partial charge in [-0.1, -0.05) is 29.4 Å². The molecule has 1 fully saturated rings. The van der Waals surface area contributed by atoms with Gasteiger partial charge in [-0.25, -0.2) is 0 Å². The van der Waals surface area contributed by atoms with Crippen molar-refractivity contribution in [3.8, 4) is 5.75 Å². The number of benzene rings is 1. The van der Waals surface area contributed by atoms with Gasteiger partial charge in [0.25, 0.3) is 0 Å². The first-order chi connectivity index (χ1) is 13.8. The molecule has 7 heteroatoms. The fraction of sp³-hybridized carbons (Fsp3) is 0.333. The largest absolute Gasteiger partial charge is 0.485 e. The van der Waals surface area contributed by atoms with E-state index in [9.17, 15) is 4.79 Å². The number of nitrogens with zero attached hydrogens (tertiary/aromatic N) is 4. The van der Waals surface area contributed by atoms with Crippen LogP contribution in [0.2, 0.25) is 0 Å². The molecule has 1 aromatic carbocycles. The first kappa shape index (κ1) is 18.3. The van der Waals surface area contributed by atoms with E-state index in [4.69, 9.17) is 9.26 Å². The van der Waals surface area contributed by atoms with Crippen molar-refractivity contribution in [3.05, 3.63) is 72.1 Å². The van der Waals surface area contributed by atoms with E-state index >= 15 is 0 Å². The Balaban J connectivity index is 1.32. The van der Waals surface area contributed by atoms with E-state index < -0.39 is 0 Å². The quantitative estimate of drug-likeness (QED) is 0.584. The number of ketones is 1. The van der Waals surface area contributed by atoms with Crippen molar-refractivity contribution >= 4 is 5.78 Å². The number of likely N-dealkylation sites (tertiary alicyclic amines) is 1. The number of carbonyl (C=O) groups is 1. The van der Waals surface area contributed by atoms with E-state index in [0.29, 0.717) is 30.5 Å². The van der Waals surface area contributed by atoms with E-state index in [2.05, 4.69) is 20.0 Å². The van der Waals surface area contributed by atoms with Crippen LogP contribution < -0.4 is 4.74 Å². The van der Waals surface area contributed by atoms with Crippen LogP contribution in [-0.2, 0) is 13.2 Å². The summed E-state index contributed by atoms with van der Waals surface area (Å²) in [6.45, 7) is 2.37. The van der Waals surface area contributed by atoms with Gasteiger partial charge in [0.15, 0.2) is 12.4 Å². The van der Waals surface area contributed by atoms with Crippen molar-refractivity contribution < 1.29 is 14.1 Å². The molecule has 0 radical (unpaired) electrons. The van der Waals surface area contributed by atoms with E-state index in [1.54, 1.807) is 12.3 Å². The van der Waals surface area contributed by atoms with Crippen molar-refractivity contribution in [3.63, 3.8) is 0 Å². The van der Waals surface area contributed by atoms with Gasteiger partial charge in [-0.2, -0.15) is 4.98 Å².